The van der Waals surface area contributed by atoms with Crippen LogP contribution < -0.4 is 0 Å². The zero-order valence-electron chi connectivity index (χ0n) is 16.1. The molecule has 1 N–H and O–H groups in total. The van der Waals surface area contributed by atoms with E-state index in [1.807, 2.05) is 19.1 Å². The average molecular weight is 395 g/mol. The number of carbonyl (C=O) groups is 2. The van der Waals surface area contributed by atoms with Crippen LogP contribution in [-0.2, 0) is 14.3 Å². The molecule has 2 aromatic rings. The van der Waals surface area contributed by atoms with Crippen molar-refractivity contribution in [3.05, 3.63) is 76.6 Å². The van der Waals surface area contributed by atoms with Crippen LogP contribution in [0, 0.1) is 12.7 Å². The number of nitrogens with zero attached hydrogens (tertiary/aromatic N) is 1. The summed E-state index contributed by atoms with van der Waals surface area (Å²) in [6.07, 6.45) is 1.55. The van der Waals surface area contributed by atoms with E-state index in [4.69, 9.17) is 4.74 Å². The maximum Gasteiger partial charge on any atom is 0.295 e. The fraction of sp³-hybridized carbons (Fsp3) is 0.304. The molecule has 2 aliphatic rings. The molecule has 150 valence electrons. The number of hydrogen-bond donors (Lipinski definition) is 1. The third-order valence-electron chi connectivity index (χ3n) is 5.48. The lowest BCUT2D eigenvalue weighted by molar-refractivity contribution is -0.140. The molecule has 0 radical (unpaired) electrons. The molecule has 0 saturated carbocycles. The minimum Gasteiger partial charge on any atom is -0.507 e. The second-order valence-electron chi connectivity index (χ2n) is 7.50. The number of hydrogen-bond acceptors (Lipinski definition) is 4. The van der Waals surface area contributed by atoms with Crippen LogP contribution in [0.3, 0.4) is 0 Å². The number of halogens is 1. The number of aryl methyl sites for hydroxylation is 1. The van der Waals surface area contributed by atoms with E-state index >= 15 is 0 Å². The predicted molar refractivity (Wildman–Crippen MR) is 106 cm³/mol. The zero-order chi connectivity index (χ0) is 20.5. The molecule has 2 atom stereocenters. The Balaban J connectivity index is 1.81. The first kappa shape index (κ1) is 19.3. The van der Waals surface area contributed by atoms with Crippen molar-refractivity contribution in [3.8, 4) is 0 Å². The number of benzene rings is 2. The fourth-order valence-corrected chi connectivity index (χ4v) is 3.93. The summed E-state index contributed by atoms with van der Waals surface area (Å²) in [6.45, 7) is 2.79. The molecule has 4 rings (SSSR count). The van der Waals surface area contributed by atoms with Crippen molar-refractivity contribution < 1.29 is 23.8 Å². The molecule has 0 aromatic heterocycles. The van der Waals surface area contributed by atoms with Gasteiger partial charge in [0.15, 0.2) is 0 Å². The van der Waals surface area contributed by atoms with Crippen LogP contribution in [0.5, 0.6) is 0 Å². The second-order valence-corrected chi connectivity index (χ2v) is 7.50. The van der Waals surface area contributed by atoms with Gasteiger partial charge >= 0.3 is 0 Å². The summed E-state index contributed by atoms with van der Waals surface area (Å²) in [5.74, 6) is -2.06. The topological polar surface area (TPSA) is 66.8 Å². The first-order valence-corrected chi connectivity index (χ1v) is 9.68. The maximum atomic E-state index is 13.5. The van der Waals surface area contributed by atoms with Gasteiger partial charge in [-0.15, -0.1) is 0 Å². The minimum absolute atomic E-state index is 0.0171. The number of carbonyl (C=O) groups excluding carboxylic acids is 2. The summed E-state index contributed by atoms with van der Waals surface area (Å²) in [6, 6.07) is 11.9. The molecule has 0 spiro atoms. The van der Waals surface area contributed by atoms with Crippen LogP contribution in [0.15, 0.2) is 54.1 Å². The highest BCUT2D eigenvalue weighted by Crippen LogP contribution is 2.40. The Bertz CT molecular complexity index is 959. The van der Waals surface area contributed by atoms with Gasteiger partial charge in [-0.2, -0.15) is 0 Å². The number of rotatable bonds is 4. The van der Waals surface area contributed by atoms with Crippen molar-refractivity contribution >= 4 is 17.4 Å². The highest BCUT2D eigenvalue weighted by Gasteiger charge is 2.47. The normalized spacial score (nSPS) is 23.7. The number of ketones is 1. The van der Waals surface area contributed by atoms with Gasteiger partial charge in [-0.25, -0.2) is 4.39 Å². The van der Waals surface area contributed by atoms with E-state index in [1.165, 1.54) is 29.2 Å². The van der Waals surface area contributed by atoms with Crippen LogP contribution in [0.25, 0.3) is 5.76 Å². The zero-order valence-corrected chi connectivity index (χ0v) is 16.1. The molecule has 2 saturated heterocycles. The van der Waals surface area contributed by atoms with Gasteiger partial charge in [0.25, 0.3) is 11.7 Å². The summed E-state index contributed by atoms with van der Waals surface area (Å²) < 4.78 is 19.1. The molecule has 2 heterocycles. The molecular formula is C23H22FNO4. The van der Waals surface area contributed by atoms with Crippen LogP contribution >= 0.6 is 0 Å². The Kier molecular flexibility index (Phi) is 5.20. The summed E-state index contributed by atoms with van der Waals surface area (Å²) in [5, 5.41) is 10.9. The van der Waals surface area contributed by atoms with E-state index in [9.17, 15) is 19.1 Å². The molecule has 2 aromatic carbocycles. The van der Waals surface area contributed by atoms with E-state index in [0.29, 0.717) is 17.7 Å². The summed E-state index contributed by atoms with van der Waals surface area (Å²) in [5.41, 5.74) is 2.05. The third-order valence-corrected chi connectivity index (χ3v) is 5.48. The first-order chi connectivity index (χ1) is 14.0. The molecule has 5 nitrogen and oxygen atoms in total. The number of aliphatic hydroxyl groups excluding tert-OH is 1. The predicted octanol–water partition coefficient (Wildman–Crippen LogP) is 3.73. The van der Waals surface area contributed by atoms with E-state index in [2.05, 4.69) is 0 Å². The number of Topliss-reactive ketones (excluding diaryl/α,β-unsaturated/α-hetero) is 1. The first-order valence-electron chi connectivity index (χ1n) is 9.68. The number of likely N-dealkylation sites (tertiary alicyclic amines) is 1. The van der Waals surface area contributed by atoms with E-state index < -0.39 is 23.5 Å². The summed E-state index contributed by atoms with van der Waals surface area (Å²) in [7, 11) is 0. The molecule has 2 unspecified atom stereocenters. The third kappa shape index (κ3) is 3.68. The van der Waals surface area contributed by atoms with Gasteiger partial charge in [-0.1, -0.05) is 42.0 Å². The van der Waals surface area contributed by atoms with E-state index in [0.717, 1.165) is 18.4 Å². The van der Waals surface area contributed by atoms with Gasteiger partial charge in [0, 0.05) is 18.7 Å². The van der Waals surface area contributed by atoms with Crippen molar-refractivity contribution in [3.63, 3.8) is 0 Å². The Hall–Kier alpha value is -2.99. The standard InChI is InChI=1S/C23H22FNO4/c1-14-4-6-16(7-5-14)21(26)19-20(15-8-10-17(24)11-9-15)25(23(28)22(19)27)13-18-3-2-12-29-18/h4-11,18,20,26H,2-3,12-13H2,1H3. The Labute approximate surface area is 168 Å². The Morgan fingerprint density at radius 2 is 1.83 bits per heavy atom. The van der Waals surface area contributed by atoms with E-state index in [-0.39, 0.29) is 24.0 Å². The maximum absolute atomic E-state index is 13.5. The van der Waals surface area contributed by atoms with Crippen molar-refractivity contribution in [2.75, 3.05) is 13.2 Å². The lowest BCUT2D eigenvalue weighted by Gasteiger charge is -2.27. The van der Waals surface area contributed by atoms with Crippen molar-refractivity contribution in [2.24, 2.45) is 0 Å². The number of ether oxygens (including phenoxy) is 1. The summed E-state index contributed by atoms with van der Waals surface area (Å²) >= 11 is 0. The van der Waals surface area contributed by atoms with Crippen LogP contribution in [0.1, 0.15) is 35.6 Å². The summed E-state index contributed by atoms with van der Waals surface area (Å²) in [4.78, 5) is 27.2. The van der Waals surface area contributed by atoms with Crippen molar-refractivity contribution in [2.45, 2.75) is 31.9 Å². The van der Waals surface area contributed by atoms with Crippen molar-refractivity contribution in [1.29, 1.82) is 0 Å². The molecule has 2 aliphatic heterocycles. The average Bonchev–Trinajstić information content (AvgIpc) is 3.31. The highest BCUT2D eigenvalue weighted by atomic mass is 19.1. The highest BCUT2D eigenvalue weighted by molar-refractivity contribution is 6.46. The Morgan fingerprint density at radius 1 is 1.14 bits per heavy atom. The smallest absolute Gasteiger partial charge is 0.295 e. The van der Waals surface area contributed by atoms with Gasteiger partial charge in [0.1, 0.15) is 11.6 Å². The van der Waals surface area contributed by atoms with Gasteiger partial charge in [-0.3, -0.25) is 9.59 Å². The molecule has 0 bridgehead atoms. The fourth-order valence-electron chi connectivity index (χ4n) is 3.93. The molecule has 6 heteroatoms. The van der Waals surface area contributed by atoms with Crippen LogP contribution in [0.2, 0.25) is 0 Å². The monoisotopic (exact) mass is 395 g/mol. The van der Waals surface area contributed by atoms with Gasteiger partial charge < -0.3 is 14.7 Å². The minimum atomic E-state index is -0.791. The van der Waals surface area contributed by atoms with Crippen molar-refractivity contribution in [1.82, 2.24) is 4.90 Å². The number of amides is 1. The van der Waals surface area contributed by atoms with Gasteiger partial charge in [0.05, 0.1) is 17.7 Å². The molecule has 1 amide bonds. The SMILES string of the molecule is Cc1ccc(C(O)=C2C(=O)C(=O)N(CC3CCCO3)C2c2ccc(F)cc2)cc1. The number of aliphatic hydroxyl groups is 1. The second kappa shape index (κ2) is 7.79. The van der Waals surface area contributed by atoms with E-state index in [1.54, 1.807) is 12.1 Å². The molecule has 29 heavy (non-hydrogen) atoms. The lowest BCUT2D eigenvalue weighted by atomic mass is 9.95. The Morgan fingerprint density at radius 3 is 2.45 bits per heavy atom. The largest absolute Gasteiger partial charge is 0.507 e. The van der Waals surface area contributed by atoms with Crippen LogP contribution in [0.4, 0.5) is 4.39 Å². The molecule has 2 fully saturated rings. The van der Waals surface area contributed by atoms with Gasteiger partial charge in [0.2, 0.25) is 0 Å². The van der Waals surface area contributed by atoms with Gasteiger partial charge in [-0.05, 0) is 37.5 Å². The molecule has 0 aliphatic carbocycles. The molecular weight excluding hydrogens is 373 g/mol. The van der Waals surface area contributed by atoms with Crippen LogP contribution in [-0.4, -0.2) is 41.0 Å². The lowest BCUT2D eigenvalue weighted by Crippen LogP contribution is -2.36. The quantitative estimate of drug-likeness (QED) is 0.487.